The number of imide groups is 1. The van der Waals surface area contributed by atoms with Crippen LogP contribution in [0, 0.1) is 20.8 Å². The largest absolute Gasteiger partial charge is 0.329 e. The minimum absolute atomic E-state index is 0.244. The number of fused-ring (bicyclic) bond motifs is 1. The first kappa shape index (κ1) is 20.7. The predicted molar refractivity (Wildman–Crippen MR) is 129 cm³/mol. The van der Waals surface area contributed by atoms with Gasteiger partial charge < -0.3 is 9.88 Å². The number of pyridine rings is 1. The topological polar surface area (TPSA) is 67.2 Å². The third-order valence-electron chi connectivity index (χ3n) is 6.00. The molecule has 1 aliphatic heterocycles. The van der Waals surface area contributed by atoms with Crippen molar-refractivity contribution in [3.8, 4) is 5.69 Å². The molecule has 0 unspecified atom stereocenters. The highest BCUT2D eigenvalue weighted by Crippen LogP contribution is 2.26. The van der Waals surface area contributed by atoms with Gasteiger partial charge in [0.25, 0.3) is 5.91 Å². The SMILES string of the molecule is Cc1cccc(CN2C(=O)N/C(=C/c3cc(C)n(-c4ccc5ncccc5c4)c3C)C2=O)c1. The molecule has 1 aliphatic rings. The molecule has 2 aromatic carbocycles. The van der Waals surface area contributed by atoms with Crippen LogP contribution in [-0.2, 0) is 11.3 Å². The van der Waals surface area contributed by atoms with Crippen LogP contribution in [0.4, 0.5) is 4.79 Å². The molecular formula is C27H24N4O2. The molecule has 6 heteroatoms. The van der Waals surface area contributed by atoms with Crippen LogP contribution in [0.3, 0.4) is 0 Å². The Labute approximate surface area is 192 Å². The quantitative estimate of drug-likeness (QED) is 0.360. The molecule has 164 valence electrons. The van der Waals surface area contributed by atoms with E-state index in [2.05, 4.69) is 20.9 Å². The van der Waals surface area contributed by atoms with Crippen molar-refractivity contribution in [2.24, 2.45) is 0 Å². The van der Waals surface area contributed by atoms with Crippen molar-refractivity contribution in [1.29, 1.82) is 0 Å². The maximum Gasteiger partial charge on any atom is 0.329 e. The van der Waals surface area contributed by atoms with Crippen molar-refractivity contribution >= 4 is 28.9 Å². The summed E-state index contributed by atoms with van der Waals surface area (Å²) in [5.41, 5.74) is 7.18. The molecule has 33 heavy (non-hydrogen) atoms. The van der Waals surface area contributed by atoms with E-state index in [0.29, 0.717) is 0 Å². The van der Waals surface area contributed by atoms with Crippen molar-refractivity contribution in [3.05, 3.63) is 101 Å². The van der Waals surface area contributed by atoms with E-state index in [9.17, 15) is 9.59 Å². The second-order valence-electron chi connectivity index (χ2n) is 8.41. The summed E-state index contributed by atoms with van der Waals surface area (Å²) in [5, 5.41) is 3.80. The van der Waals surface area contributed by atoms with Gasteiger partial charge in [-0.2, -0.15) is 0 Å². The highest BCUT2D eigenvalue weighted by Gasteiger charge is 2.33. The fourth-order valence-corrected chi connectivity index (χ4v) is 4.40. The second kappa shape index (κ2) is 8.06. The van der Waals surface area contributed by atoms with Crippen LogP contribution < -0.4 is 5.32 Å². The summed E-state index contributed by atoms with van der Waals surface area (Å²) in [5.74, 6) is -0.317. The summed E-state index contributed by atoms with van der Waals surface area (Å²) >= 11 is 0. The standard InChI is InChI=1S/C27H24N4O2/c1-17-6-4-7-20(12-17)16-30-26(32)25(29-27(30)33)15-22-13-18(2)31(19(22)3)23-9-10-24-21(14-23)8-5-11-28-24/h4-15H,16H2,1-3H3,(H,29,33)/b25-15+. The number of aromatic nitrogens is 2. The lowest BCUT2D eigenvalue weighted by molar-refractivity contribution is -0.123. The maximum atomic E-state index is 13.0. The zero-order chi connectivity index (χ0) is 23.1. The third-order valence-corrected chi connectivity index (χ3v) is 6.00. The summed E-state index contributed by atoms with van der Waals surface area (Å²) in [7, 11) is 0. The average Bonchev–Trinajstić information content (AvgIpc) is 3.22. The number of hydrogen-bond acceptors (Lipinski definition) is 3. The maximum absolute atomic E-state index is 13.0. The van der Waals surface area contributed by atoms with Crippen molar-refractivity contribution in [1.82, 2.24) is 19.8 Å². The van der Waals surface area contributed by atoms with Crippen LogP contribution in [0.5, 0.6) is 0 Å². The fourth-order valence-electron chi connectivity index (χ4n) is 4.40. The average molecular weight is 437 g/mol. The molecule has 0 spiro atoms. The second-order valence-corrected chi connectivity index (χ2v) is 8.41. The van der Waals surface area contributed by atoms with Crippen molar-refractivity contribution in [2.75, 3.05) is 0 Å². The van der Waals surface area contributed by atoms with Gasteiger partial charge in [0.05, 0.1) is 12.1 Å². The number of aryl methyl sites for hydroxylation is 2. The number of carbonyl (C=O) groups excluding carboxylic acids is 2. The fraction of sp³-hybridized carbons (Fsp3) is 0.148. The first-order chi connectivity index (χ1) is 15.9. The molecule has 5 rings (SSSR count). The lowest BCUT2D eigenvalue weighted by atomic mass is 10.1. The Hall–Kier alpha value is -4.19. The first-order valence-electron chi connectivity index (χ1n) is 10.8. The van der Waals surface area contributed by atoms with E-state index < -0.39 is 6.03 Å². The van der Waals surface area contributed by atoms with Crippen LogP contribution in [0.1, 0.15) is 28.1 Å². The summed E-state index contributed by atoms with van der Waals surface area (Å²) in [4.78, 5) is 31.1. The molecule has 2 aromatic heterocycles. The van der Waals surface area contributed by atoms with Gasteiger partial charge >= 0.3 is 6.03 Å². The summed E-state index contributed by atoms with van der Waals surface area (Å²) < 4.78 is 2.14. The van der Waals surface area contributed by atoms with Crippen LogP contribution in [0.2, 0.25) is 0 Å². The molecule has 0 atom stereocenters. The van der Waals surface area contributed by atoms with Crippen LogP contribution in [0.15, 0.2) is 72.6 Å². The molecule has 0 bridgehead atoms. The Morgan fingerprint density at radius 1 is 0.970 bits per heavy atom. The molecule has 3 amide bonds. The Kier molecular flexibility index (Phi) is 5.05. The number of nitrogens with one attached hydrogen (secondary N) is 1. The van der Waals surface area contributed by atoms with Crippen molar-refractivity contribution in [3.63, 3.8) is 0 Å². The number of urea groups is 1. The van der Waals surface area contributed by atoms with Crippen LogP contribution in [0.25, 0.3) is 22.7 Å². The predicted octanol–water partition coefficient (Wildman–Crippen LogP) is 5.04. The van der Waals surface area contributed by atoms with E-state index in [1.807, 2.05) is 75.4 Å². The molecule has 4 aromatic rings. The lowest BCUT2D eigenvalue weighted by Crippen LogP contribution is -2.30. The van der Waals surface area contributed by atoms with E-state index in [1.165, 1.54) is 4.90 Å². The van der Waals surface area contributed by atoms with Crippen molar-refractivity contribution < 1.29 is 9.59 Å². The zero-order valence-electron chi connectivity index (χ0n) is 18.8. The summed E-state index contributed by atoms with van der Waals surface area (Å²) in [6, 6.07) is 19.6. The summed E-state index contributed by atoms with van der Waals surface area (Å²) in [6.07, 6.45) is 3.55. The van der Waals surface area contributed by atoms with E-state index in [4.69, 9.17) is 0 Å². The molecule has 3 heterocycles. The Morgan fingerprint density at radius 2 is 1.82 bits per heavy atom. The highest BCUT2D eigenvalue weighted by atomic mass is 16.2. The van der Waals surface area contributed by atoms with Crippen molar-refractivity contribution in [2.45, 2.75) is 27.3 Å². The number of carbonyl (C=O) groups is 2. The third kappa shape index (κ3) is 3.80. The van der Waals surface area contributed by atoms with E-state index in [-0.39, 0.29) is 18.1 Å². The number of benzene rings is 2. The van der Waals surface area contributed by atoms with Gasteiger partial charge in [0.15, 0.2) is 0 Å². The Bertz CT molecular complexity index is 1450. The number of rotatable bonds is 4. The number of amides is 3. The molecular weight excluding hydrogens is 412 g/mol. The van der Waals surface area contributed by atoms with Crippen LogP contribution in [-0.4, -0.2) is 26.4 Å². The molecule has 1 N–H and O–H groups in total. The highest BCUT2D eigenvalue weighted by molar-refractivity contribution is 6.14. The molecule has 6 nitrogen and oxygen atoms in total. The molecule has 1 saturated heterocycles. The smallest absolute Gasteiger partial charge is 0.318 e. The first-order valence-corrected chi connectivity index (χ1v) is 10.8. The minimum atomic E-state index is -0.399. The van der Waals surface area contributed by atoms with Gasteiger partial charge in [-0.1, -0.05) is 35.9 Å². The van der Waals surface area contributed by atoms with E-state index in [1.54, 1.807) is 12.3 Å². The van der Waals surface area contributed by atoms with Gasteiger partial charge in [-0.05, 0) is 68.3 Å². The van der Waals surface area contributed by atoms with Gasteiger partial charge in [0.2, 0.25) is 0 Å². The van der Waals surface area contributed by atoms with Gasteiger partial charge in [-0.25, -0.2) is 4.79 Å². The van der Waals surface area contributed by atoms with Gasteiger partial charge in [0, 0.05) is 28.7 Å². The van der Waals surface area contributed by atoms with E-state index in [0.717, 1.165) is 44.7 Å². The molecule has 1 fully saturated rings. The summed E-state index contributed by atoms with van der Waals surface area (Å²) in [6.45, 7) is 6.27. The van der Waals surface area contributed by atoms with Gasteiger partial charge in [-0.15, -0.1) is 0 Å². The zero-order valence-corrected chi connectivity index (χ0v) is 18.8. The molecule has 0 saturated carbocycles. The normalized spacial score (nSPS) is 15.0. The molecule has 0 radical (unpaired) electrons. The molecule has 0 aliphatic carbocycles. The van der Waals surface area contributed by atoms with Gasteiger partial charge in [0.1, 0.15) is 5.70 Å². The van der Waals surface area contributed by atoms with E-state index >= 15 is 0 Å². The number of hydrogen-bond donors (Lipinski definition) is 1. The Morgan fingerprint density at radius 3 is 2.64 bits per heavy atom. The van der Waals surface area contributed by atoms with Gasteiger partial charge in [-0.3, -0.25) is 14.7 Å². The lowest BCUT2D eigenvalue weighted by Gasteiger charge is -2.12. The monoisotopic (exact) mass is 436 g/mol. The Balaban J connectivity index is 1.46. The minimum Gasteiger partial charge on any atom is -0.318 e. The van der Waals surface area contributed by atoms with Crippen LogP contribution >= 0.6 is 0 Å². The number of nitrogens with zero attached hydrogens (tertiary/aromatic N) is 3.